The maximum absolute atomic E-state index is 11.0. The second-order valence-electron chi connectivity index (χ2n) is 3.61. The summed E-state index contributed by atoms with van der Waals surface area (Å²) in [5.74, 6) is 0.252. The minimum absolute atomic E-state index is 0.168. The molecule has 1 heterocycles. The molecule has 0 aliphatic rings. The topological polar surface area (TPSA) is 92.3 Å². The molecule has 7 nitrogen and oxygen atoms in total. The van der Waals surface area contributed by atoms with Gasteiger partial charge in [0.15, 0.2) is 0 Å². The number of nitrogens with one attached hydrogen (secondary N) is 2. The SMILES string of the molecule is COC(=O)CSc1n[nH]c(N/N=C\c2ccccc2)n1. The highest BCUT2D eigenvalue weighted by Gasteiger charge is 2.06. The van der Waals surface area contributed by atoms with Crippen LogP contribution in [0.3, 0.4) is 0 Å². The molecule has 20 heavy (non-hydrogen) atoms. The largest absolute Gasteiger partial charge is 0.468 e. The van der Waals surface area contributed by atoms with E-state index in [1.807, 2.05) is 30.3 Å². The van der Waals surface area contributed by atoms with Gasteiger partial charge in [-0.3, -0.25) is 4.79 Å². The van der Waals surface area contributed by atoms with Gasteiger partial charge in [-0.05, 0) is 5.56 Å². The quantitative estimate of drug-likeness (QED) is 0.363. The molecular formula is C12H13N5O2S. The summed E-state index contributed by atoms with van der Waals surface area (Å²) < 4.78 is 4.53. The van der Waals surface area contributed by atoms with Crippen LogP contribution in [-0.4, -0.2) is 40.2 Å². The van der Waals surface area contributed by atoms with Gasteiger partial charge in [0.25, 0.3) is 0 Å². The van der Waals surface area contributed by atoms with Crippen LogP contribution in [-0.2, 0) is 9.53 Å². The van der Waals surface area contributed by atoms with E-state index in [1.54, 1.807) is 6.21 Å². The zero-order valence-corrected chi connectivity index (χ0v) is 11.6. The van der Waals surface area contributed by atoms with Gasteiger partial charge in [0, 0.05) is 0 Å². The molecule has 0 atom stereocenters. The maximum Gasteiger partial charge on any atom is 0.316 e. The van der Waals surface area contributed by atoms with Crippen LogP contribution in [0.5, 0.6) is 0 Å². The van der Waals surface area contributed by atoms with Gasteiger partial charge >= 0.3 is 5.97 Å². The Morgan fingerprint density at radius 2 is 2.30 bits per heavy atom. The van der Waals surface area contributed by atoms with Crippen molar-refractivity contribution < 1.29 is 9.53 Å². The van der Waals surface area contributed by atoms with Crippen molar-refractivity contribution in [2.75, 3.05) is 18.3 Å². The summed E-state index contributed by atoms with van der Waals surface area (Å²) in [5, 5.41) is 11.1. The summed E-state index contributed by atoms with van der Waals surface area (Å²) >= 11 is 1.18. The van der Waals surface area contributed by atoms with Gasteiger partial charge in [-0.25, -0.2) is 10.5 Å². The average molecular weight is 291 g/mol. The molecule has 0 radical (unpaired) electrons. The van der Waals surface area contributed by atoms with Crippen molar-refractivity contribution in [1.29, 1.82) is 0 Å². The zero-order chi connectivity index (χ0) is 14.2. The molecule has 0 saturated heterocycles. The van der Waals surface area contributed by atoms with Gasteiger partial charge in [-0.15, -0.1) is 5.10 Å². The number of H-pyrrole nitrogens is 1. The van der Waals surface area contributed by atoms with Gasteiger partial charge in [0.05, 0.1) is 19.1 Å². The van der Waals surface area contributed by atoms with Gasteiger partial charge < -0.3 is 4.74 Å². The Kier molecular flexibility index (Phi) is 5.13. The Hall–Kier alpha value is -2.35. The third-order valence-corrected chi connectivity index (χ3v) is 3.02. The van der Waals surface area contributed by atoms with Crippen LogP contribution in [0, 0.1) is 0 Å². The first kappa shape index (κ1) is 14.1. The molecule has 2 N–H and O–H groups in total. The van der Waals surface area contributed by atoms with E-state index in [0.29, 0.717) is 11.1 Å². The Balaban J connectivity index is 1.84. The van der Waals surface area contributed by atoms with E-state index in [4.69, 9.17) is 0 Å². The highest BCUT2D eigenvalue weighted by atomic mass is 32.2. The monoisotopic (exact) mass is 291 g/mol. The number of ether oxygens (including phenoxy) is 1. The Morgan fingerprint density at radius 1 is 1.50 bits per heavy atom. The number of rotatable bonds is 6. The van der Waals surface area contributed by atoms with Crippen LogP contribution in [0.2, 0.25) is 0 Å². The molecule has 1 aromatic heterocycles. The highest BCUT2D eigenvalue weighted by molar-refractivity contribution is 7.99. The van der Waals surface area contributed by atoms with E-state index >= 15 is 0 Å². The number of aromatic nitrogens is 3. The summed E-state index contributed by atoms with van der Waals surface area (Å²) in [6, 6.07) is 9.66. The fraction of sp³-hybridized carbons (Fsp3) is 0.167. The van der Waals surface area contributed by atoms with Crippen LogP contribution >= 0.6 is 11.8 Å². The van der Waals surface area contributed by atoms with Gasteiger partial charge in [-0.1, -0.05) is 42.1 Å². The Bertz CT molecular complexity index is 585. The van der Waals surface area contributed by atoms with Crippen LogP contribution in [0.4, 0.5) is 5.95 Å². The molecule has 8 heteroatoms. The summed E-state index contributed by atoms with van der Waals surface area (Å²) in [6.07, 6.45) is 1.67. The van der Waals surface area contributed by atoms with E-state index in [9.17, 15) is 4.79 Å². The number of methoxy groups -OCH3 is 1. The number of benzene rings is 1. The first-order valence-corrected chi connectivity index (χ1v) is 6.72. The summed E-state index contributed by atoms with van der Waals surface area (Å²) in [7, 11) is 1.34. The number of esters is 1. The molecule has 0 bridgehead atoms. The molecule has 104 valence electrons. The summed E-state index contributed by atoms with van der Waals surface area (Å²) in [5.41, 5.74) is 3.70. The summed E-state index contributed by atoms with van der Waals surface area (Å²) in [4.78, 5) is 15.1. The third-order valence-electron chi connectivity index (χ3n) is 2.20. The zero-order valence-electron chi connectivity index (χ0n) is 10.7. The van der Waals surface area contributed by atoms with Crippen LogP contribution in [0.15, 0.2) is 40.6 Å². The predicted octanol–water partition coefficient (Wildman–Crippen LogP) is 1.52. The molecule has 0 saturated carbocycles. The number of hydrogen-bond donors (Lipinski definition) is 2. The number of carbonyl (C=O) groups is 1. The van der Waals surface area contributed by atoms with E-state index in [1.165, 1.54) is 18.9 Å². The number of carbonyl (C=O) groups excluding carboxylic acids is 1. The first-order chi connectivity index (χ1) is 9.78. The van der Waals surface area contributed by atoms with Crippen LogP contribution < -0.4 is 5.43 Å². The van der Waals surface area contributed by atoms with Gasteiger partial charge in [-0.2, -0.15) is 10.1 Å². The van der Waals surface area contributed by atoms with E-state index < -0.39 is 0 Å². The van der Waals surface area contributed by atoms with Crippen molar-refractivity contribution >= 4 is 29.9 Å². The molecule has 0 spiro atoms. The lowest BCUT2D eigenvalue weighted by Crippen LogP contribution is -2.03. The van der Waals surface area contributed by atoms with Crippen molar-refractivity contribution in [3.63, 3.8) is 0 Å². The van der Waals surface area contributed by atoms with Crippen molar-refractivity contribution in [3.05, 3.63) is 35.9 Å². The van der Waals surface area contributed by atoms with Crippen LogP contribution in [0.1, 0.15) is 5.56 Å². The van der Waals surface area contributed by atoms with Gasteiger partial charge in [0.1, 0.15) is 0 Å². The first-order valence-electron chi connectivity index (χ1n) is 5.74. The molecule has 0 aliphatic heterocycles. The minimum Gasteiger partial charge on any atom is -0.468 e. The lowest BCUT2D eigenvalue weighted by Gasteiger charge is -1.94. The number of nitrogens with zero attached hydrogens (tertiary/aromatic N) is 3. The van der Waals surface area contributed by atoms with Crippen molar-refractivity contribution in [3.8, 4) is 0 Å². The smallest absolute Gasteiger partial charge is 0.316 e. The predicted molar refractivity (Wildman–Crippen MR) is 76.8 cm³/mol. The minimum atomic E-state index is -0.323. The van der Waals surface area contributed by atoms with Crippen molar-refractivity contribution in [1.82, 2.24) is 15.2 Å². The second-order valence-corrected chi connectivity index (χ2v) is 4.55. The van der Waals surface area contributed by atoms with Crippen molar-refractivity contribution in [2.45, 2.75) is 5.16 Å². The molecule has 2 aromatic rings. The highest BCUT2D eigenvalue weighted by Crippen LogP contribution is 2.13. The average Bonchev–Trinajstić information content (AvgIpc) is 2.94. The fourth-order valence-corrected chi connectivity index (χ4v) is 1.88. The molecular weight excluding hydrogens is 278 g/mol. The number of hydrazone groups is 1. The standard InChI is InChI=1S/C12H13N5O2S/c1-19-10(18)8-20-12-14-11(16-17-12)15-13-7-9-5-3-2-4-6-9/h2-7H,8H2,1H3,(H2,14,15,16,17)/b13-7-. The Morgan fingerprint density at radius 3 is 3.05 bits per heavy atom. The number of thioether (sulfide) groups is 1. The summed E-state index contributed by atoms with van der Waals surface area (Å²) in [6.45, 7) is 0. The van der Waals surface area contributed by atoms with Gasteiger partial charge in [0.2, 0.25) is 11.1 Å². The normalized spacial score (nSPS) is 10.7. The molecule has 1 aromatic carbocycles. The van der Waals surface area contributed by atoms with Crippen molar-refractivity contribution in [2.24, 2.45) is 5.10 Å². The van der Waals surface area contributed by atoms with E-state index in [2.05, 4.69) is 30.4 Å². The Labute approximate surface area is 119 Å². The maximum atomic E-state index is 11.0. The lowest BCUT2D eigenvalue weighted by molar-refractivity contribution is -0.137. The molecule has 0 fully saturated rings. The molecule has 0 unspecified atom stereocenters. The fourth-order valence-electron chi connectivity index (χ4n) is 1.25. The number of anilines is 1. The number of aromatic amines is 1. The third kappa shape index (κ3) is 4.39. The molecule has 2 rings (SSSR count). The number of hydrogen-bond acceptors (Lipinski definition) is 7. The van der Waals surface area contributed by atoms with E-state index in [-0.39, 0.29) is 11.7 Å². The lowest BCUT2D eigenvalue weighted by atomic mass is 10.2. The molecule has 0 aliphatic carbocycles. The van der Waals surface area contributed by atoms with E-state index in [0.717, 1.165) is 5.56 Å². The van der Waals surface area contributed by atoms with Crippen LogP contribution in [0.25, 0.3) is 0 Å². The molecule has 0 amide bonds. The second kappa shape index (κ2) is 7.29.